The molecule has 0 aromatic rings. The summed E-state index contributed by atoms with van der Waals surface area (Å²) in [5.41, 5.74) is 0.254. The van der Waals surface area contributed by atoms with Crippen molar-refractivity contribution < 1.29 is 14.6 Å². The minimum Gasteiger partial charge on any atom is -0.462 e. The number of esters is 1. The molecule has 0 bridgehead atoms. The molecule has 0 amide bonds. The number of carbonyl (C=O) groups is 1. The van der Waals surface area contributed by atoms with E-state index in [1.54, 1.807) is 0 Å². The molecule has 0 aromatic heterocycles. The first-order valence-corrected chi connectivity index (χ1v) is 7.32. The van der Waals surface area contributed by atoms with Crippen molar-refractivity contribution >= 4 is 5.97 Å². The summed E-state index contributed by atoms with van der Waals surface area (Å²) in [5, 5.41) is 10.1. The molecule has 0 aromatic carbocycles. The lowest BCUT2D eigenvalue weighted by Crippen LogP contribution is -2.53. The number of ether oxygens (including phenoxy) is 1. The van der Waals surface area contributed by atoms with Gasteiger partial charge in [-0.1, -0.05) is 20.8 Å². The van der Waals surface area contributed by atoms with E-state index >= 15 is 0 Å². The molecule has 1 N–H and O–H groups in total. The highest BCUT2D eigenvalue weighted by Crippen LogP contribution is 2.57. The third-order valence-corrected chi connectivity index (χ3v) is 6.08. The summed E-state index contributed by atoms with van der Waals surface area (Å²) in [7, 11) is 0. The molecule has 3 fully saturated rings. The second kappa shape index (κ2) is 3.96. The Bertz CT molecular complexity index is 367. The largest absolute Gasteiger partial charge is 0.462 e. The van der Waals surface area contributed by atoms with E-state index in [9.17, 15) is 9.90 Å². The van der Waals surface area contributed by atoms with Gasteiger partial charge >= 0.3 is 5.97 Å². The Labute approximate surface area is 109 Å². The van der Waals surface area contributed by atoms with Crippen LogP contribution in [0.3, 0.4) is 0 Å². The van der Waals surface area contributed by atoms with E-state index in [0.29, 0.717) is 11.8 Å². The van der Waals surface area contributed by atoms with Crippen molar-refractivity contribution in [3.63, 3.8) is 0 Å². The van der Waals surface area contributed by atoms with Gasteiger partial charge in [0.05, 0.1) is 12.0 Å². The van der Waals surface area contributed by atoms with Gasteiger partial charge in [-0.25, -0.2) is 0 Å². The molecule has 0 unspecified atom stereocenters. The predicted octanol–water partition coefficient (Wildman–Crippen LogP) is 2.37. The maximum Gasteiger partial charge on any atom is 0.309 e. The lowest BCUT2D eigenvalue weighted by atomic mass is 9.53. The number of carbonyl (C=O) groups excluding carboxylic acids is 1. The first-order valence-electron chi connectivity index (χ1n) is 7.32. The van der Waals surface area contributed by atoms with Crippen LogP contribution in [0.15, 0.2) is 0 Å². The molecule has 102 valence electrons. The third kappa shape index (κ3) is 1.56. The molecule has 18 heavy (non-hydrogen) atoms. The number of hydrogen-bond acceptors (Lipinski definition) is 3. The second-order valence-corrected chi connectivity index (χ2v) is 7.04. The van der Waals surface area contributed by atoms with Crippen LogP contribution in [0.25, 0.3) is 0 Å². The lowest BCUT2D eigenvalue weighted by Gasteiger charge is -2.53. The Balaban J connectivity index is 1.93. The third-order valence-electron chi connectivity index (χ3n) is 6.08. The van der Waals surface area contributed by atoms with Crippen molar-refractivity contribution in [2.24, 2.45) is 29.1 Å². The zero-order valence-electron chi connectivity index (χ0n) is 11.6. The van der Waals surface area contributed by atoms with Crippen LogP contribution in [-0.2, 0) is 9.53 Å². The molecule has 2 saturated carbocycles. The minimum atomic E-state index is -0.226. The summed E-state index contributed by atoms with van der Waals surface area (Å²) in [6.07, 6.45) is 4.07. The molecule has 3 nitrogen and oxygen atoms in total. The van der Waals surface area contributed by atoms with Crippen molar-refractivity contribution in [3.8, 4) is 0 Å². The molecule has 0 spiro atoms. The monoisotopic (exact) mass is 252 g/mol. The Kier molecular flexibility index (Phi) is 2.74. The fourth-order valence-electron chi connectivity index (χ4n) is 4.81. The summed E-state index contributed by atoms with van der Waals surface area (Å²) in [5.74, 6) is 0.985. The predicted molar refractivity (Wildman–Crippen MR) is 67.8 cm³/mol. The molecule has 3 rings (SSSR count). The number of hydrogen-bond donors (Lipinski definition) is 1. The SMILES string of the molecule is C[C@H]1[C@@H]2[C@@H]3OC(=O)[C@@H](C)[C@@H]3CC[C@@]2(C)CC[C@H]1O. The molecule has 1 heterocycles. The van der Waals surface area contributed by atoms with Gasteiger partial charge in [0.2, 0.25) is 0 Å². The smallest absolute Gasteiger partial charge is 0.309 e. The summed E-state index contributed by atoms with van der Waals surface area (Å²) in [6, 6.07) is 0. The van der Waals surface area contributed by atoms with E-state index < -0.39 is 0 Å². The molecule has 1 saturated heterocycles. The molecular formula is C15H24O3. The van der Waals surface area contributed by atoms with E-state index in [-0.39, 0.29) is 35.4 Å². The first kappa shape index (κ1) is 12.5. The Morgan fingerprint density at radius 3 is 2.67 bits per heavy atom. The van der Waals surface area contributed by atoms with Gasteiger partial charge < -0.3 is 9.84 Å². The van der Waals surface area contributed by atoms with Gasteiger partial charge in [0.25, 0.3) is 0 Å². The van der Waals surface area contributed by atoms with Crippen molar-refractivity contribution in [1.29, 1.82) is 0 Å². The average molecular weight is 252 g/mol. The van der Waals surface area contributed by atoms with Crippen LogP contribution in [0.4, 0.5) is 0 Å². The van der Waals surface area contributed by atoms with Gasteiger partial charge in [-0.2, -0.15) is 0 Å². The zero-order chi connectivity index (χ0) is 13.1. The molecule has 1 aliphatic heterocycles. The Morgan fingerprint density at radius 1 is 1.28 bits per heavy atom. The van der Waals surface area contributed by atoms with Crippen molar-refractivity contribution in [2.45, 2.75) is 58.7 Å². The number of aliphatic hydroxyl groups excluding tert-OH is 1. The van der Waals surface area contributed by atoms with Crippen LogP contribution < -0.4 is 0 Å². The van der Waals surface area contributed by atoms with Gasteiger partial charge in [0, 0.05) is 11.8 Å². The van der Waals surface area contributed by atoms with E-state index in [0.717, 1.165) is 19.3 Å². The molecule has 7 atom stereocenters. The quantitative estimate of drug-likeness (QED) is 0.673. The number of fused-ring (bicyclic) bond motifs is 3. The molecule has 3 aliphatic rings. The maximum absolute atomic E-state index is 11.8. The fraction of sp³-hybridized carbons (Fsp3) is 0.933. The van der Waals surface area contributed by atoms with Crippen LogP contribution in [0.1, 0.15) is 46.5 Å². The highest BCUT2D eigenvalue weighted by Gasteiger charge is 2.58. The van der Waals surface area contributed by atoms with E-state index in [1.807, 2.05) is 6.92 Å². The van der Waals surface area contributed by atoms with E-state index in [1.165, 1.54) is 6.42 Å². The molecular weight excluding hydrogens is 228 g/mol. The highest BCUT2D eigenvalue weighted by atomic mass is 16.6. The topological polar surface area (TPSA) is 46.5 Å². The lowest BCUT2D eigenvalue weighted by molar-refractivity contribution is -0.159. The Hall–Kier alpha value is -0.570. The standard InChI is InChI=1S/C15H24O3/c1-8-10-4-6-15(3)7-5-11(16)9(2)12(15)13(10)18-14(8)17/h8-13,16H,4-7H2,1-3H3/t8-,9+,10-,11+,12+,13+,15-/m0/s1. The average Bonchev–Trinajstić information content (AvgIpc) is 2.60. The summed E-state index contributed by atoms with van der Waals surface area (Å²) in [4.78, 5) is 11.8. The van der Waals surface area contributed by atoms with Crippen molar-refractivity contribution in [2.75, 3.05) is 0 Å². The Morgan fingerprint density at radius 2 is 1.94 bits per heavy atom. The van der Waals surface area contributed by atoms with Crippen LogP contribution in [0.2, 0.25) is 0 Å². The van der Waals surface area contributed by atoms with Gasteiger partial charge in [-0.05, 0) is 37.0 Å². The first-order chi connectivity index (χ1) is 8.44. The van der Waals surface area contributed by atoms with Gasteiger partial charge in [-0.3, -0.25) is 4.79 Å². The molecule has 2 aliphatic carbocycles. The van der Waals surface area contributed by atoms with Crippen molar-refractivity contribution in [1.82, 2.24) is 0 Å². The van der Waals surface area contributed by atoms with Gasteiger partial charge in [-0.15, -0.1) is 0 Å². The summed E-state index contributed by atoms with van der Waals surface area (Å²) >= 11 is 0. The summed E-state index contributed by atoms with van der Waals surface area (Å²) in [6.45, 7) is 6.46. The maximum atomic E-state index is 11.8. The molecule has 0 radical (unpaired) electrons. The van der Waals surface area contributed by atoms with Crippen molar-refractivity contribution in [3.05, 3.63) is 0 Å². The van der Waals surface area contributed by atoms with E-state index in [2.05, 4.69) is 13.8 Å². The highest BCUT2D eigenvalue weighted by molar-refractivity contribution is 5.75. The van der Waals surface area contributed by atoms with Gasteiger partial charge in [0.1, 0.15) is 6.10 Å². The molecule has 3 heteroatoms. The number of rotatable bonds is 0. The summed E-state index contributed by atoms with van der Waals surface area (Å²) < 4.78 is 5.68. The zero-order valence-corrected chi connectivity index (χ0v) is 11.6. The van der Waals surface area contributed by atoms with Crippen LogP contribution in [0, 0.1) is 29.1 Å². The number of aliphatic hydroxyl groups is 1. The van der Waals surface area contributed by atoms with Crippen LogP contribution in [-0.4, -0.2) is 23.3 Å². The second-order valence-electron chi connectivity index (χ2n) is 7.04. The fourth-order valence-corrected chi connectivity index (χ4v) is 4.81. The van der Waals surface area contributed by atoms with Crippen LogP contribution >= 0.6 is 0 Å². The van der Waals surface area contributed by atoms with Crippen LogP contribution in [0.5, 0.6) is 0 Å². The van der Waals surface area contributed by atoms with E-state index in [4.69, 9.17) is 4.74 Å². The van der Waals surface area contributed by atoms with Gasteiger partial charge in [0.15, 0.2) is 0 Å². The minimum absolute atomic E-state index is 0.0264. The normalized spacial score (nSPS) is 55.7.